The Balaban J connectivity index is 2.14. The SMILES string of the molecule is O=C1NC/C(=C(/O)C(O)(O)C(O)C(O)O)c2cc3c(cc21)OCO3. The molecular formula is C14H15NO9. The lowest BCUT2D eigenvalue weighted by Gasteiger charge is -2.31. The summed E-state index contributed by atoms with van der Waals surface area (Å²) in [6.45, 7) is -0.335. The zero-order valence-electron chi connectivity index (χ0n) is 12.1. The van der Waals surface area contributed by atoms with Gasteiger partial charge >= 0.3 is 0 Å². The van der Waals surface area contributed by atoms with Crippen molar-refractivity contribution in [2.45, 2.75) is 18.2 Å². The molecule has 0 bridgehead atoms. The average molecular weight is 341 g/mol. The molecule has 0 saturated carbocycles. The number of amides is 1. The summed E-state index contributed by atoms with van der Waals surface area (Å²) >= 11 is 0. The number of rotatable bonds is 3. The molecule has 1 aromatic carbocycles. The van der Waals surface area contributed by atoms with Crippen LogP contribution in [-0.2, 0) is 0 Å². The van der Waals surface area contributed by atoms with Crippen LogP contribution in [0.3, 0.4) is 0 Å². The fourth-order valence-electron chi connectivity index (χ4n) is 2.52. The largest absolute Gasteiger partial charge is 0.506 e. The first-order valence-electron chi connectivity index (χ1n) is 6.87. The molecule has 0 radical (unpaired) electrons. The molecule has 0 spiro atoms. The van der Waals surface area contributed by atoms with Gasteiger partial charge in [-0.1, -0.05) is 0 Å². The maximum absolute atomic E-state index is 12.0. The molecular weight excluding hydrogens is 326 g/mol. The summed E-state index contributed by atoms with van der Waals surface area (Å²) in [6.07, 6.45) is -5.02. The summed E-state index contributed by atoms with van der Waals surface area (Å²) in [5.41, 5.74) is 0.0853. The molecule has 2 aliphatic rings. The fourth-order valence-corrected chi connectivity index (χ4v) is 2.52. The van der Waals surface area contributed by atoms with E-state index < -0.39 is 29.8 Å². The lowest BCUT2D eigenvalue weighted by atomic mass is 9.91. The van der Waals surface area contributed by atoms with Crippen LogP contribution in [0.1, 0.15) is 15.9 Å². The highest BCUT2D eigenvalue weighted by molar-refractivity contribution is 6.04. The van der Waals surface area contributed by atoms with E-state index in [1.54, 1.807) is 0 Å². The third-order valence-electron chi connectivity index (χ3n) is 3.84. The van der Waals surface area contributed by atoms with Gasteiger partial charge in [-0.3, -0.25) is 4.79 Å². The molecule has 10 heteroatoms. The van der Waals surface area contributed by atoms with E-state index in [0.717, 1.165) is 0 Å². The van der Waals surface area contributed by atoms with Crippen molar-refractivity contribution in [3.63, 3.8) is 0 Å². The van der Waals surface area contributed by atoms with Crippen molar-refractivity contribution in [1.82, 2.24) is 5.32 Å². The lowest BCUT2D eigenvalue weighted by molar-refractivity contribution is -0.269. The smallest absolute Gasteiger partial charge is 0.255 e. The summed E-state index contributed by atoms with van der Waals surface area (Å²) in [5, 5.41) is 59.6. The molecule has 2 heterocycles. The first kappa shape index (κ1) is 16.5. The Morgan fingerprint density at radius 3 is 2.29 bits per heavy atom. The van der Waals surface area contributed by atoms with Gasteiger partial charge in [-0.2, -0.15) is 0 Å². The Morgan fingerprint density at radius 1 is 1.12 bits per heavy atom. The maximum Gasteiger partial charge on any atom is 0.255 e. The Bertz CT molecular complexity index is 725. The van der Waals surface area contributed by atoms with Crippen LogP contribution in [0, 0.1) is 0 Å². The highest BCUT2D eigenvalue weighted by Gasteiger charge is 2.44. The molecule has 0 aliphatic carbocycles. The minimum Gasteiger partial charge on any atom is -0.506 e. The molecule has 1 atom stereocenters. The maximum atomic E-state index is 12.0. The molecule has 1 aromatic rings. The number of aliphatic hydroxyl groups excluding tert-OH is 3. The van der Waals surface area contributed by atoms with Gasteiger partial charge in [0.2, 0.25) is 6.79 Å². The Hall–Kier alpha value is -2.37. The second-order valence-corrected chi connectivity index (χ2v) is 5.35. The van der Waals surface area contributed by atoms with E-state index in [1.165, 1.54) is 12.1 Å². The summed E-state index contributed by atoms with van der Waals surface area (Å²) in [4.78, 5) is 12.0. The van der Waals surface area contributed by atoms with Gasteiger partial charge in [-0.25, -0.2) is 0 Å². The van der Waals surface area contributed by atoms with E-state index in [0.29, 0.717) is 5.75 Å². The van der Waals surface area contributed by atoms with Crippen molar-refractivity contribution in [3.05, 3.63) is 29.0 Å². The van der Waals surface area contributed by atoms with E-state index in [2.05, 4.69) is 5.32 Å². The second kappa shape index (κ2) is 5.61. The van der Waals surface area contributed by atoms with Crippen LogP contribution >= 0.6 is 0 Å². The number of hydrogen-bond donors (Lipinski definition) is 7. The molecule has 130 valence electrons. The molecule has 3 rings (SSSR count). The summed E-state index contributed by atoms with van der Waals surface area (Å²) < 4.78 is 10.3. The summed E-state index contributed by atoms with van der Waals surface area (Å²) in [6, 6.07) is 2.74. The average Bonchev–Trinajstić information content (AvgIpc) is 2.99. The van der Waals surface area contributed by atoms with Gasteiger partial charge in [0, 0.05) is 12.1 Å². The molecule has 0 saturated heterocycles. The van der Waals surface area contributed by atoms with Crippen molar-refractivity contribution in [2.24, 2.45) is 0 Å². The zero-order valence-corrected chi connectivity index (χ0v) is 12.1. The van der Waals surface area contributed by atoms with Gasteiger partial charge in [0.15, 0.2) is 29.7 Å². The molecule has 1 amide bonds. The number of ether oxygens (including phenoxy) is 2. The zero-order chi connectivity index (χ0) is 17.6. The van der Waals surface area contributed by atoms with Gasteiger partial charge in [-0.15, -0.1) is 0 Å². The Morgan fingerprint density at radius 2 is 1.71 bits per heavy atom. The first-order valence-corrected chi connectivity index (χ1v) is 6.87. The standard InChI is InChI=1S/C14H15NO9/c16-10(14(21,22)11(17)13(19)20)7-3-15-12(18)6-2-9-8(1-5(6)7)23-4-24-9/h1-2,11,13,16-17,19-22H,3-4H2,(H,15,18)/b10-7-. The summed E-state index contributed by atoms with van der Waals surface area (Å²) in [5.74, 6) is -4.36. The van der Waals surface area contributed by atoms with Gasteiger partial charge in [-0.05, 0) is 17.7 Å². The minimum atomic E-state index is -3.35. The predicted octanol–water partition coefficient (Wildman–Crippen LogP) is -2.22. The normalized spacial score (nSPS) is 19.8. The van der Waals surface area contributed by atoms with Crippen LogP contribution in [-0.4, -0.2) is 68.1 Å². The molecule has 10 nitrogen and oxygen atoms in total. The van der Waals surface area contributed by atoms with E-state index in [4.69, 9.17) is 19.7 Å². The van der Waals surface area contributed by atoms with Crippen LogP contribution in [0.4, 0.5) is 0 Å². The number of hydrogen-bond acceptors (Lipinski definition) is 9. The Kier molecular flexibility index (Phi) is 3.86. The third-order valence-corrected chi connectivity index (χ3v) is 3.84. The van der Waals surface area contributed by atoms with E-state index in [-0.39, 0.29) is 35.8 Å². The lowest BCUT2D eigenvalue weighted by Crippen LogP contribution is -2.51. The molecule has 0 aromatic heterocycles. The van der Waals surface area contributed by atoms with Crippen LogP contribution in [0.15, 0.2) is 17.9 Å². The van der Waals surface area contributed by atoms with E-state index in [1.807, 2.05) is 0 Å². The van der Waals surface area contributed by atoms with Crippen LogP contribution in [0.25, 0.3) is 5.57 Å². The topological polar surface area (TPSA) is 169 Å². The van der Waals surface area contributed by atoms with Gasteiger partial charge in [0.25, 0.3) is 11.7 Å². The minimum absolute atomic E-state index is 0.0514. The second-order valence-electron chi connectivity index (χ2n) is 5.35. The number of nitrogens with one attached hydrogen (secondary N) is 1. The number of aliphatic hydroxyl groups is 6. The molecule has 0 fully saturated rings. The fraction of sp³-hybridized carbons (Fsp3) is 0.357. The van der Waals surface area contributed by atoms with E-state index in [9.17, 15) is 25.2 Å². The van der Waals surface area contributed by atoms with Gasteiger partial charge in [0.05, 0.1) is 5.56 Å². The van der Waals surface area contributed by atoms with Crippen LogP contribution in [0.2, 0.25) is 0 Å². The highest BCUT2D eigenvalue weighted by atomic mass is 16.7. The quantitative estimate of drug-likeness (QED) is 0.238. The molecule has 24 heavy (non-hydrogen) atoms. The molecule has 2 aliphatic heterocycles. The van der Waals surface area contributed by atoms with Gasteiger partial charge in [0.1, 0.15) is 0 Å². The monoisotopic (exact) mass is 341 g/mol. The van der Waals surface area contributed by atoms with Crippen molar-refractivity contribution in [2.75, 3.05) is 13.3 Å². The number of carbonyl (C=O) groups excluding carboxylic acids is 1. The highest BCUT2D eigenvalue weighted by Crippen LogP contribution is 2.40. The van der Waals surface area contributed by atoms with Crippen molar-refractivity contribution >= 4 is 11.5 Å². The van der Waals surface area contributed by atoms with Crippen LogP contribution in [0.5, 0.6) is 11.5 Å². The summed E-state index contributed by atoms with van der Waals surface area (Å²) in [7, 11) is 0. The molecule has 1 unspecified atom stereocenters. The molecule has 7 N–H and O–H groups in total. The van der Waals surface area contributed by atoms with Crippen molar-refractivity contribution < 1.29 is 44.9 Å². The number of fused-ring (bicyclic) bond motifs is 2. The van der Waals surface area contributed by atoms with Crippen LogP contribution < -0.4 is 14.8 Å². The third kappa shape index (κ3) is 2.46. The van der Waals surface area contributed by atoms with Crippen molar-refractivity contribution in [1.29, 1.82) is 0 Å². The first-order chi connectivity index (χ1) is 11.2. The number of benzene rings is 1. The van der Waals surface area contributed by atoms with E-state index >= 15 is 0 Å². The van der Waals surface area contributed by atoms with Gasteiger partial charge < -0.3 is 45.4 Å². The van der Waals surface area contributed by atoms with Crippen molar-refractivity contribution in [3.8, 4) is 11.5 Å². The number of carbonyl (C=O) groups is 1. The predicted molar refractivity (Wildman–Crippen MR) is 75.8 cm³/mol. The Labute approximate surface area is 134 Å².